The minimum absolute atomic E-state index is 0.0273. The first kappa shape index (κ1) is 19.8. The number of sulfonamides is 1. The van der Waals surface area contributed by atoms with Gasteiger partial charge in [-0.05, 0) is 59.5 Å². The average Bonchev–Trinajstić information content (AvgIpc) is 3.01. The lowest BCUT2D eigenvalue weighted by atomic mass is 10.1. The van der Waals surface area contributed by atoms with Crippen LogP contribution in [0.15, 0.2) is 39.8 Å². The summed E-state index contributed by atoms with van der Waals surface area (Å²) in [7, 11) is -3.93. The molecule has 4 rings (SSSR count). The minimum Gasteiger partial charge on any atom is -0.356 e. The smallest absolute Gasteiger partial charge is 0.239 e. The fourth-order valence-electron chi connectivity index (χ4n) is 3.43. The van der Waals surface area contributed by atoms with Gasteiger partial charge in [-0.3, -0.25) is 4.98 Å². The maximum atomic E-state index is 12.0. The van der Waals surface area contributed by atoms with E-state index in [9.17, 15) is 8.42 Å². The van der Waals surface area contributed by atoms with Crippen LogP contribution >= 0.6 is 27.5 Å². The fourth-order valence-corrected chi connectivity index (χ4v) is 4.83. The monoisotopic (exact) mass is 484 g/mol. The first-order valence-electron chi connectivity index (χ1n) is 8.78. The van der Waals surface area contributed by atoms with Gasteiger partial charge in [0.2, 0.25) is 10.0 Å². The molecule has 1 fully saturated rings. The highest BCUT2D eigenvalue weighted by molar-refractivity contribution is 9.10. The molecule has 0 spiro atoms. The maximum Gasteiger partial charge on any atom is 0.239 e. The molecule has 0 radical (unpaired) electrons. The minimum atomic E-state index is -3.93. The Bertz CT molecular complexity index is 1140. The predicted molar refractivity (Wildman–Crippen MR) is 110 cm³/mol. The van der Waals surface area contributed by atoms with Crippen LogP contribution in [0.3, 0.4) is 0 Å². The summed E-state index contributed by atoms with van der Waals surface area (Å²) in [6, 6.07) is 6.99. The van der Waals surface area contributed by atoms with Gasteiger partial charge in [0, 0.05) is 34.1 Å². The molecule has 0 saturated carbocycles. The highest BCUT2D eigenvalue weighted by Crippen LogP contribution is 2.31. The lowest BCUT2D eigenvalue weighted by Gasteiger charge is -2.23. The number of fused-ring (bicyclic) bond motifs is 1. The molecule has 1 unspecified atom stereocenters. The first-order chi connectivity index (χ1) is 13.3. The number of hydrogen-bond acceptors (Lipinski definition) is 5. The van der Waals surface area contributed by atoms with Crippen LogP contribution in [0.4, 0.5) is 0 Å². The standard InChI is InChI=1S/C18H18BrClN4O3S/c19-11-7-17(28(21,25)26)15(22-10-11)9-14-13-8-12(20)4-5-16(13)24(23-14)18-3-1-2-6-27-18/h4-5,7-8,10,18H,1-3,6,9H2,(H2,21,25,26). The van der Waals surface area contributed by atoms with Crippen molar-refractivity contribution in [3.63, 3.8) is 0 Å². The number of pyridine rings is 1. The molecule has 3 heterocycles. The third kappa shape index (κ3) is 3.95. The third-order valence-electron chi connectivity index (χ3n) is 4.71. The zero-order chi connectivity index (χ0) is 19.9. The Morgan fingerprint density at radius 1 is 1.29 bits per heavy atom. The van der Waals surface area contributed by atoms with Gasteiger partial charge in [-0.2, -0.15) is 5.10 Å². The Morgan fingerprint density at radius 3 is 2.82 bits per heavy atom. The molecule has 2 N–H and O–H groups in total. The van der Waals surface area contributed by atoms with E-state index >= 15 is 0 Å². The summed E-state index contributed by atoms with van der Waals surface area (Å²) < 4.78 is 32.3. The lowest BCUT2D eigenvalue weighted by molar-refractivity contribution is -0.0368. The molecule has 0 amide bonds. The molecule has 148 valence electrons. The Morgan fingerprint density at radius 2 is 2.11 bits per heavy atom. The van der Waals surface area contributed by atoms with E-state index in [0.29, 0.717) is 27.5 Å². The Hall–Kier alpha value is -1.52. The molecule has 0 bridgehead atoms. The molecular formula is C18H18BrClN4O3S. The van der Waals surface area contributed by atoms with Crippen LogP contribution in [0.5, 0.6) is 0 Å². The summed E-state index contributed by atoms with van der Waals surface area (Å²) in [5.41, 5.74) is 1.90. The number of benzene rings is 1. The van der Waals surface area contributed by atoms with Crippen LogP contribution < -0.4 is 5.14 Å². The van der Waals surface area contributed by atoms with Gasteiger partial charge in [-0.1, -0.05) is 11.6 Å². The molecule has 0 aliphatic carbocycles. The second-order valence-corrected chi connectivity index (χ2v) is 9.58. The summed E-state index contributed by atoms with van der Waals surface area (Å²) in [4.78, 5) is 4.24. The van der Waals surface area contributed by atoms with Crippen molar-refractivity contribution in [2.45, 2.75) is 36.8 Å². The molecule has 1 aromatic carbocycles. The number of hydrogen-bond donors (Lipinski definition) is 1. The van der Waals surface area contributed by atoms with Gasteiger partial charge >= 0.3 is 0 Å². The number of nitrogens with two attached hydrogens (primary N) is 1. The number of rotatable bonds is 4. The van der Waals surface area contributed by atoms with Crippen LogP contribution in [-0.4, -0.2) is 29.8 Å². The third-order valence-corrected chi connectivity index (χ3v) is 6.35. The van der Waals surface area contributed by atoms with E-state index < -0.39 is 10.0 Å². The van der Waals surface area contributed by atoms with E-state index in [1.165, 1.54) is 6.07 Å². The van der Waals surface area contributed by atoms with Gasteiger partial charge < -0.3 is 4.74 Å². The fraction of sp³-hybridized carbons (Fsp3) is 0.333. The van der Waals surface area contributed by atoms with Gasteiger partial charge in [0.1, 0.15) is 4.90 Å². The summed E-state index contributed by atoms with van der Waals surface area (Å²) in [5, 5.41) is 11.5. The number of nitrogens with zero attached hydrogens (tertiary/aromatic N) is 3. The molecule has 1 aliphatic heterocycles. The Labute approximate surface area is 176 Å². The van der Waals surface area contributed by atoms with Crippen molar-refractivity contribution in [2.75, 3.05) is 6.61 Å². The molecule has 2 aromatic heterocycles. The van der Waals surface area contributed by atoms with Crippen molar-refractivity contribution in [3.8, 4) is 0 Å². The Balaban J connectivity index is 1.83. The quantitative estimate of drug-likeness (QED) is 0.606. The van der Waals surface area contributed by atoms with Crippen LogP contribution in [0, 0.1) is 0 Å². The van der Waals surface area contributed by atoms with E-state index in [4.69, 9.17) is 26.6 Å². The second kappa shape index (κ2) is 7.72. The lowest BCUT2D eigenvalue weighted by Crippen LogP contribution is -2.19. The molecule has 1 saturated heterocycles. The topological polar surface area (TPSA) is 100 Å². The average molecular weight is 486 g/mol. The van der Waals surface area contributed by atoms with Gasteiger partial charge in [0.25, 0.3) is 0 Å². The molecule has 1 atom stereocenters. The molecule has 10 heteroatoms. The van der Waals surface area contributed by atoms with Crippen LogP contribution in [0.25, 0.3) is 10.9 Å². The van der Waals surface area contributed by atoms with E-state index in [1.54, 1.807) is 6.20 Å². The van der Waals surface area contributed by atoms with E-state index in [1.807, 2.05) is 22.9 Å². The number of ether oxygens (including phenoxy) is 1. The highest BCUT2D eigenvalue weighted by Gasteiger charge is 2.23. The zero-order valence-electron chi connectivity index (χ0n) is 14.8. The first-order valence-corrected chi connectivity index (χ1v) is 11.5. The van der Waals surface area contributed by atoms with E-state index in [0.717, 1.165) is 30.2 Å². The second-order valence-electron chi connectivity index (χ2n) is 6.69. The zero-order valence-corrected chi connectivity index (χ0v) is 18.0. The van der Waals surface area contributed by atoms with Crippen molar-refractivity contribution in [2.24, 2.45) is 5.14 Å². The van der Waals surface area contributed by atoms with Crippen molar-refractivity contribution < 1.29 is 13.2 Å². The summed E-state index contributed by atoms with van der Waals surface area (Å²) in [5.74, 6) is 0. The molecular weight excluding hydrogens is 468 g/mol. The number of aromatic nitrogens is 3. The highest BCUT2D eigenvalue weighted by atomic mass is 79.9. The van der Waals surface area contributed by atoms with Crippen LogP contribution in [0.1, 0.15) is 36.9 Å². The van der Waals surface area contributed by atoms with Crippen molar-refractivity contribution >= 4 is 48.5 Å². The van der Waals surface area contributed by atoms with Crippen LogP contribution in [0.2, 0.25) is 5.02 Å². The molecule has 28 heavy (non-hydrogen) atoms. The van der Waals surface area contributed by atoms with Crippen LogP contribution in [-0.2, 0) is 21.2 Å². The Kier molecular flexibility index (Phi) is 5.45. The van der Waals surface area contributed by atoms with Gasteiger partial charge in [0.15, 0.2) is 6.23 Å². The van der Waals surface area contributed by atoms with Crippen molar-refractivity contribution in [1.82, 2.24) is 14.8 Å². The van der Waals surface area contributed by atoms with Gasteiger partial charge in [0.05, 0.1) is 16.9 Å². The summed E-state index contributed by atoms with van der Waals surface area (Å²) >= 11 is 9.45. The predicted octanol–water partition coefficient (Wildman–Crippen LogP) is 3.78. The summed E-state index contributed by atoms with van der Waals surface area (Å²) in [6.45, 7) is 0.693. The molecule has 3 aromatic rings. The number of primary sulfonamides is 1. The van der Waals surface area contributed by atoms with Gasteiger partial charge in [-0.25, -0.2) is 18.2 Å². The normalized spacial score (nSPS) is 17.9. The van der Waals surface area contributed by atoms with Crippen molar-refractivity contribution in [3.05, 3.63) is 51.3 Å². The summed E-state index contributed by atoms with van der Waals surface area (Å²) in [6.07, 6.45) is 4.57. The van der Waals surface area contributed by atoms with Gasteiger partial charge in [-0.15, -0.1) is 0 Å². The SMILES string of the molecule is NS(=O)(=O)c1cc(Br)cnc1Cc1nn(C2CCCCO2)c2ccc(Cl)cc12. The number of halogens is 2. The molecule has 1 aliphatic rings. The van der Waals surface area contributed by atoms with E-state index in [2.05, 4.69) is 20.9 Å². The maximum absolute atomic E-state index is 12.0. The van der Waals surface area contributed by atoms with E-state index in [-0.39, 0.29) is 17.5 Å². The van der Waals surface area contributed by atoms with Crippen molar-refractivity contribution in [1.29, 1.82) is 0 Å². The largest absolute Gasteiger partial charge is 0.356 e. The molecule has 7 nitrogen and oxygen atoms in total.